The molecule has 1 aliphatic rings. The van der Waals surface area contributed by atoms with Gasteiger partial charge >= 0.3 is 0 Å². The average Bonchev–Trinajstić information content (AvgIpc) is 2.58. The number of aromatic nitrogens is 2. The summed E-state index contributed by atoms with van der Waals surface area (Å²) in [5.41, 5.74) is 3.97. The van der Waals surface area contributed by atoms with Crippen molar-refractivity contribution in [3.63, 3.8) is 0 Å². The molecule has 1 N–H and O–H groups in total. The topological polar surface area (TPSA) is 73.2 Å². The first kappa shape index (κ1) is 17.4. The number of ether oxygens (including phenoxy) is 1. The smallest absolute Gasteiger partial charge is 0.251 e. The number of fused-ring (bicyclic) bond motifs is 1. The summed E-state index contributed by atoms with van der Waals surface area (Å²) >= 11 is 0. The van der Waals surface area contributed by atoms with Gasteiger partial charge < -0.3 is 14.6 Å². The van der Waals surface area contributed by atoms with Crippen LogP contribution in [0.25, 0.3) is 0 Å². The van der Waals surface area contributed by atoms with Gasteiger partial charge in [0.25, 0.3) is 5.56 Å². The Morgan fingerprint density at radius 3 is 2.96 bits per heavy atom. The number of hydrogen-bond acceptors (Lipinski definition) is 4. The van der Waals surface area contributed by atoms with E-state index in [0.29, 0.717) is 6.54 Å². The number of aryl methyl sites for hydroxylation is 1. The van der Waals surface area contributed by atoms with E-state index in [9.17, 15) is 9.59 Å². The number of nitrogens with one attached hydrogen (secondary N) is 1. The van der Waals surface area contributed by atoms with Crippen molar-refractivity contribution in [3.8, 4) is 0 Å². The van der Waals surface area contributed by atoms with Crippen molar-refractivity contribution in [3.05, 3.63) is 63.3 Å². The summed E-state index contributed by atoms with van der Waals surface area (Å²) in [5, 5.41) is 2.99. The Balaban J connectivity index is 1.81. The van der Waals surface area contributed by atoms with Gasteiger partial charge in [-0.25, -0.2) is 0 Å². The van der Waals surface area contributed by atoms with Crippen LogP contribution in [0.2, 0.25) is 0 Å². The molecule has 0 saturated carbocycles. The van der Waals surface area contributed by atoms with Gasteiger partial charge in [0.15, 0.2) is 0 Å². The maximum absolute atomic E-state index is 12.4. The summed E-state index contributed by atoms with van der Waals surface area (Å²) < 4.78 is 6.67. The number of carbonyl (C=O) groups excluding carboxylic acids is 1. The van der Waals surface area contributed by atoms with E-state index in [4.69, 9.17) is 4.74 Å². The summed E-state index contributed by atoms with van der Waals surface area (Å²) in [6.07, 6.45) is 2.30. The summed E-state index contributed by atoms with van der Waals surface area (Å²) in [6.45, 7) is 2.49. The zero-order valence-corrected chi connectivity index (χ0v) is 14.6. The van der Waals surface area contributed by atoms with Gasteiger partial charge in [0.1, 0.15) is 6.61 Å². The molecular weight excluding hydrogens is 318 g/mol. The highest BCUT2D eigenvalue weighted by molar-refractivity contribution is 5.77. The van der Waals surface area contributed by atoms with E-state index < -0.39 is 0 Å². The molecule has 0 fully saturated rings. The first-order valence-corrected chi connectivity index (χ1v) is 8.49. The first-order chi connectivity index (χ1) is 12.1. The van der Waals surface area contributed by atoms with Crippen LogP contribution in [0, 0.1) is 6.92 Å². The highest BCUT2D eigenvalue weighted by Gasteiger charge is 2.23. The minimum Gasteiger partial charge on any atom is -0.375 e. The fraction of sp³-hybridized carbons (Fsp3) is 0.421. The third kappa shape index (κ3) is 4.14. The van der Waals surface area contributed by atoms with Crippen LogP contribution < -0.4 is 10.9 Å². The Bertz CT molecular complexity index is 829. The van der Waals surface area contributed by atoms with Gasteiger partial charge in [0, 0.05) is 30.6 Å². The number of hydrogen-bond donors (Lipinski definition) is 1. The van der Waals surface area contributed by atoms with Gasteiger partial charge in [-0.1, -0.05) is 12.1 Å². The second kappa shape index (κ2) is 7.61. The lowest BCUT2D eigenvalue weighted by atomic mass is 9.91. The molecule has 2 aromatic rings. The molecule has 2 aromatic heterocycles. The molecule has 1 unspecified atom stereocenters. The number of nitrogens with zero attached hydrogens (tertiary/aromatic N) is 2. The number of rotatable bonds is 5. The molecule has 1 aliphatic carbocycles. The van der Waals surface area contributed by atoms with Gasteiger partial charge in [0.05, 0.1) is 12.2 Å². The van der Waals surface area contributed by atoms with E-state index in [2.05, 4.69) is 10.3 Å². The van der Waals surface area contributed by atoms with Crippen LogP contribution in [0.5, 0.6) is 0 Å². The lowest BCUT2D eigenvalue weighted by Crippen LogP contribution is -2.42. The predicted molar refractivity (Wildman–Crippen MR) is 94.6 cm³/mol. The lowest BCUT2D eigenvalue weighted by Gasteiger charge is -2.27. The maximum atomic E-state index is 12.4. The van der Waals surface area contributed by atoms with Gasteiger partial charge in [-0.15, -0.1) is 0 Å². The average molecular weight is 341 g/mol. The van der Waals surface area contributed by atoms with Crippen molar-refractivity contribution in [1.29, 1.82) is 0 Å². The third-order valence-corrected chi connectivity index (χ3v) is 4.49. The number of amides is 1. The fourth-order valence-electron chi connectivity index (χ4n) is 3.37. The second-order valence-electron chi connectivity index (χ2n) is 6.44. The highest BCUT2D eigenvalue weighted by atomic mass is 16.5. The molecule has 6 nitrogen and oxygen atoms in total. The molecule has 0 aliphatic heterocycles. The molecule has 3 rings (SSSR count). The van der Waals surface area contributed by atoms with Crippen LogP contribution in [0.3, 0.4) is 0 Å². The number of pyridine rings is 2. The Labute approximate surface area is 146 Å². The Morgan fingerprint density at radius 1 is 1.36 bits per heavy atom. The third-order valence-electron chi connectivity index (χ3n) is 4.49. The minimum absolute atomic E-state index is 0.0103. The molecule has 132 valence electrons. The van der Waals surface area contributed by atoms with E-state index >= 15 is 0 Å². The molecule has 0 saturated heterocycles. The molecule has 2 heterocycles. The van der Waals surface area contributed by atoms with E-state index in [0.717, 1.165) is 41.9 Å². The zero-order chi connectivity index (χ0) is 17.8. The standard InChI is InChI=1S/C19H23N3O3/c1-13-4-3-5-16(20-13)11-22-17-8-7-15(21-18(23)12-25-2)10-14(17)6-9-19(22)24/h3-6,9,15H,7-8,10-12H2,1-2H3,(H,21,23). The van der Waals surface area contributed by atoms with Crippen molar-refractivity contribution in [2.45, 2.75) is 38.8 Å². The van der Waals surface area contributed by atoms with Crippen LogP contribution in [-0.2, 0) is 28.9 Å². The largest absolute Gasteiger partial charge is 0.375 e. The van der Waals surface area contributed by atoms with Gasteiger partial charge in [-0.2, -0.15) is 0 Å². The zero-order valence-electron chi connectivity index (χ0n) is 14.6. The van der Waals surface area contributed by atoms with Crippen molar-refractivity contribution in [1.82, 2.24) is 14.9 Å². The van der Waals surface area contributed by atoms with Crippen LogP contribution in [0.15, 0.2) is 35.1 Å². The van der Waals surface area contributed by atoms with Gasteiger partial charge in [-0.3, -0.25) is 14.6 Å². The van der Waals surface area contributed by atoms with Gasteiger partial charge in [-0.05, 0) is 43.9 Å². The molecule has 1 amide bonds. The maximum Gasteiger partial charge on any atom is 0.251 e. The Hall–Kier alpha value is -2.47. The van der Waals surface area contributed by atoms with Crippen LogP contribution in [-0.4, -0.2) is 35.2 Å². The molecule has 0 aromatic carbocycles. The summed E-state index contributed by atoms with van der Waals surface area (Å²) in [7, 11) is 1.51. The van der Waals surface area contributed by atoms with E-state index in [1.807, 2.05) is 35.8 Å². The Morgan fingerprint density at radius 2 is 2.20 bits per heavy atom. The fourth-order valence-corrected chi connectivity index (χ4v) is 3.37. The second-order valence-corrected chi connectivity index (χ2v) is 6.44. The van der Waals surface area contributed by atoms with Gasteiger partial charge in [0.2, 0.25) is 5.91 Å². The van der Waals surface area contributed by atoms with Crippen LogP contribution >= 0.6 is 0 Å². The predicted octanol–water partition coefficient (Wildman–Crippen LogP) is 1.22. The molecule has 0 bridgehead atoms. The number of methoxy groups -OCH3 is 1. The highest BCUT2D eigenvalue weighted by Crippen LogP contribution is 2.21. The lowest BCUT2D eigenvalue weighted by molar-refractivity contribution is -0.125. The van der Waals surface area contributed by atoms with Crippen molar-refractivity contribution >= 4 is 5.91 Å². The molecule has 25 heavy (non-hydrogen) atoms. The molecular formula is C19H23N3O3. The van der Waals surface area contributed by atoms with Crippen molar-refractivity contribution in [2.75, 3.05) is 13.7 Å². The molecule has 6 heteroatoms. The van der Waals surface area contributed by atoms with Crippen LogP contribution in [0.1, 0.15) is 29.1 Å². The van der Waals surface area contributed by atoms with E-state index in [-0.39, 0.29) is 24.1 Å². The Kier molecular flexibility index (Phi) is 5.28. The first-order valence-electron chi connectivity index (χ1n) is 8.49. The quantitative estimate of drug-likeness (QED) is 0.887. The molecule has 0 spiro atoms. The number of carbonyl (C=O) groups is 1. The van der Waals surface area contributed by atoms with E-state index in [1.54, 1.807) is 6.07 Å². The van der Waals surface area contributed by atoms with Crippen molar-refractivity contribution < 1.29 is 9.53 Å². The minimum atomic E-state index is -0.103. The summed E-state index contributed by atoms with van der Waals surface area (Å²) in [5.74, 6) is -0.103. The SMILES string of the molecule is COCC(=O)NC1CCc2c(ccc(=O)n2Cc2cccc(C)n2)C1. The van der Waals surface area contributed by atoms with Crippen molar-refractivity contribution in [2.24, 2.45) is 0 Å². The monoisotopic (exact) mass is 341 g/mol. The normalized spacial score (nSPS) is 16.3. The summed E-state index contributed by atoms with van der Waals surface area (Å²) in [6, 6.07) is 9.41. The van der Waals surface area contributed by atoms with E-state index in [1.165, 1.54) is 7.11 Å². The summed E-state index contributed by atoms with van der Waals surface area (Å²) in [4.78, 5) is 28.6. The van der Waals surface area contributed by atoms with Crippen LogP contribution in [0.4, 0.5) is 0 Å². The molecule has 1 atom stereocenters. The molecule has 0 radical (unpaired) electrons.